The molecule has 0 bridgehead atoms. The number of rotatable bonds is 5. The van der Waals surface area contributed by atoms with Gasteiger partial charge in [-0.3, -0.25) is 9.36 Å². The van der Waals surface area contributed by atoms with E-state index < -0.39 is 5.41 Å². The third-order valence-electron chi connectivity index (χ3n) is 5.63. The van der Waals surface area contributed by atoms with Crippen LogP contribution in [0.2, 0.25) is 0 Å². The van der Waals surface area contributed by atoms with E-state index in [1.54, 1.807) is 12.4 Å². The summed E-state index contributed by atoms with van der Waals surface area (Å²) in [5.74, 6) is 1.77. The molecule has 4 rings (SSSR count). The summed E-state index contributed by atoms with van der Waals surface area (Å²) >= 11 is 3.55. The maximum absolute atomic E-state index is 13.4. The summed E-state index contributed by atoms with van der Waals surface area (Å²) in [6, 6.07) is 12.1. The van der Waals surface area contributed by atoms with E-state index in [2.05, 4.69) is 43.3 Å². The standard InChI is InChI=1S/C22H23BrN4O/c1-16-24-12-13-27(16)20-17(6-5-11-25-20)15-26-21(28)22(9-2-3-10-22)18-7-4-8-19(23)14-18/h4-8,11-14H,2-3,9-10,15H2,1H3,(H,26,28). The van der Waals surface area contributed by atoms with Gasteiger partial charge in [-0.15, -0.1) is 0 Å². The molecular weight excluding hydrogens is 416 g/mol. The largest absolute Gasteiger partial charge is 0.351 e. The number of aromatic nitrogens is 3. The fraction of sp³-hybridized carbons (Fsp3) is 0.318. The molecule has 6 heteroatoms. The van der Waals surface area contributed by atoms with Crippen LogP contribution in [0.4, 0.5) is 0 Å². The second-order valence-electron chi connectivity index (χ2n) is 7.31. The van der Waals surface area contributed by atoms with Gasteiger partial charge in [-0.1, -0.05) is 47.0 Å². The molecule has 28 heavy (non-hydrogen) atoms. The highest BCUT2D eigenvalue weighted by Crippen LogP contribution is 2.42. The third-order valence-corrected chi connectivity index (χ3v) is 6.12. The number of hydrogen-bond acceptors (Lipinski definition) is 3. The molecule has 0 aliphatic heterocycles. The molecule has 0 atom stereocenters. The van der Waals surface area contributed by atoms with Gasteiger partial charge in [0.05, 0.1) is 5.41 Å². The molecule has 1 fully saturated rings. The summed E-state index contributed by atoms with van der Waals surface area (Å²) in [5, 5.41) is 3.19. The SMILES string of the molecule is Cc1nccn1-c1ncccc1CNC(=O)C1(c2cccc(Br)c2)CCCC1. The number of nitrogens with zero attached hydrogens (tertiary/aromatic N) is 3. The van der Waals surface area contributed by atoms with Crippen molar-refractivity contribution in [2.75, 3.05) is 0 Å². The molecule has 0 spiro atoms. The Morgan fingerprint density at radius 2 is 2.00 bits per heavy atom. The molecule has 5 nitrogen and oxygen atoms in total. The predicted molar refractivity (Wildman–Crippen MR) is 112 cm³/mol. The van der Waals surface area contributed by atoms with Gasteiger partial charge in [0.25, 0.3) is 0 Å². The first-order valence-electron chi connectivity index (χ1n) is 9.59. The van der Waals surface area contributed by atoms with Crippen molar-refractivity contribution in [1.82, 2.24) is 19.9 Å². The summed E-state index contributed by atoms with van der Waals surface area (Å²) in [6.07, 6.45) is 9.33. The highest BCUT2D eigenvalue weighted by molar-refractivity contribution is 9.10. The molecule has 1 amide bonds. The Morgan fingerprint density at radius 1 is 1.18 bits per heavy atom. The molecule has 0 saturated heterocycles. The highest BCUT2D eigenvalue weighted by Gasteiger charge is 2.42. The van der Waals surface area contributed by atoms with Crippen molar-refractivity contribution in [3.8, 4) is 5.82 Å². The number of benzene rings is 1. The van der Waals surface area contributed by atoms with Crippen LogP contribution in [0, 0.1) is 6.92 Å². The Labute approximate surface area is 173 Å². The summed E-state index contributed by atoms with van der Waals surface area (Å²) in [7, 11) is 0. The lowest BCUT2D eigenvalue weighted by Crippen LogP contribution is -2.42. The minimum Gasteiger partial charge on any atom is -0.351 e. The predicted octanol–water partition coefficient (Wildman–Crippen LogP) is 4.47. The number of carbonyl (C=O) groups excluding carboxylic acids is 1. The molecule has 1 aliphatic carbocycles. The molecule has 1 saturated carbocycles. The van der Waals surface area contributed by atoms with Crippen LogP contribution in [0.25, 0.3) is 5.82 Å². The van der Waals surface area contributed by atoms with Gasteiger partial charge in [0.1, 0.15) is 11.6 Å². The molecule has 144 valence electrons. The molecule has 1 aliphatic rings. The van der Waals surface area contributed by atoms with Gasteiger partial charge >= 0.3 is 0 Å². The Balaban J connectivity index is 1.58. The molecule has 3 aromatic rings. The third kappa shape index (κ3) is 3.49. The van der Waals surface area contributed by atoms with Crippen molar-refractivity contribution in [3.05, 3.63) is 76.4 Å². The molecule has 2 aromatic heterocycles. The smallest absolute Gasteiger partial charge is 0.230 e. The topological polar surface area (TPSA) is 59.8 Å². The molecule has 2 heterocycles. The van der Waals surface area contributed by atoms with Crippen molar-refractivity contribution in [2.24, 2.45) is 0 Å². The number of pyridine rings is 1. The van der Waals surface area contributed by atoms with Gasteiger partial charge in [-0.2, -0.15) is 0 Å². The van der Waals surface area contributed by atoms with Gasteiger partial charge in [-0.05, 0) is 43.5 Å². The Kier molecular flexibility index (Phi) is 5.31. The molecular formula is C22H23BrN4O. The number of amides is 1. The Morgan fingerprint density at radius 3 is 2.71 bits per heavy atom. The zero-order chi connectivity index (χ0) is 19.6. The van der Waals surface area contributed by atoms with Crippen LogP contribution in [0.15, 0.2) is 59.5 Å². The second-order valence-corrected chi connectivity index (χ2v) is 8.23. The average Bonchev–Trinajstić information content (AvgIpc) is 3.36. The summed E-state index contributed by atoms with van der Waals surface area (Å²) in [6.45, 7) is 2.38. The number of aryl methyl sites for hydroxylation is 1. The maximum Gasteiger partial charge on any atom is 0.230 e. The first-order valence-corrected chi connectivity index (χ1v) is 10.4. The van der Waals surface area contributed by atoms with Crippen molar-refractivity contribution < 1.29 is 4.79 Å². The summed E-state index contributed by atoms with van der Waals surface area (Å²) in [4.78, 5) is 22.1. The van der Waals surface area contributed by atoms with E-state index in [4.69, 9.17) is 0 Å². The quantitative estimate of drug-likeness (QED) is 0.639. The van der Waals surface area contributed by atoms with E-state index in [0.29, 0.717) is 6.54 Å². The van der Waals surface area contributed by atoms with Crippen LogP contribution in [0.1, 0.15) is 42.6 Å². The maximum atomic E-state index is 13.4. The van der Waals surface area contributed by atoms with E-state index in [9.17, 15) is 4.79 Å². The van der Waals surface area contributed by atoms with Gasteiger partial charge in [0.15, 0.2) is 0 Å². The molecule has 1 N–H and O–H groups in total. The summed E-state index contributed by atoms with van der Waals surface area (Å²) < 4.78 is 2.95. The summed E-state index contributed by atoms with van der Waals surface area (Å²) in [5.41, 5.74) is 1.62. The van der Waals surface area contributed by atoms with Gasteiger partial charge in [0, 0.05) is 35.2 Å². The number of hydrogen-bond donors (Lipinski definition) is 1. The molecule has 0 unspecified atom stereocenters. The van der Waals surface area contributed by atoms with Crippen LogP contribution in [-0.4, -0.2) is 20.4 Å². The Bertz CT molecular complexity index is 991. The lowest BCUT2D eigenvalue weighted by molar-refractivity contribution is -0.126. The minimum atomic E-state index is -0.447. The fourth-order valence-corrected chi connectivity index (χ4v) is 4.54. The lowest BCUT2D eigenvalue weighted by atomic mass is 9.78. The van der Waals surface area contributed by atoms with Crippen LogP contribution in [0.3, 0.4) is 0 Å². The molecule has 0 radical (unpaired) electrons. The zero-order valence-corrected chi connectivity index (χ0v) is 17.4. The van der Waals surface area contributed by atoms with E-state index in [0.717, 1.165) is 52.9 Å². The normalized spacial score (nSPS) is 15.5. The van der Waals surface area contributed by atoms with E-state index in [1.807, 2.05) is 42.0 Å². The number of nitrogens with one attached hydrogen (secondary N) is 1. The van der Waals surface area contributed by atoms with Crippen molar-refractivity contribution in [1.29, 1.82) is 0 Å². The van der Waals surface area contributed by atoms with E-state index >= 15 is 0 Å². The van der Waals surface area contributed by atoms with Crippen LogP contribution in [-0.2, 0) is 16.8 Å². The van der Waals surface area contributed by atoms with Crippen LogP contribution < -0.4 is 5.32 Å². The number of carbonyl (C=O) groups is 1. The van der Waals surface area contributed by atoms with Crippen molar-refractivity contribution >= 4 is 21.8 Å². The number of halogens is 1. The number of imidazole rings is 1. The monoisotopic (exact) mass is 438 g/mol. The van der Waals surface area contributed by atoms with Gasteiger partial charge in [0.2, 0.25) is 5.91 Å². The average molecular weight is 439 g/mol. The first-order chi connectivity index (χ1) is 13.6. The van der Waals surface area contributed by atoms with Gasteiger partial charge in [-0.25, -0.2) is 9.97 Å². The zero-order valence-electron chi connectivity index (χ0n) is 15.9. The second kappa shape index (κ2) is 7.87. The first kappa shape index (κ1) is 18.9. The van der Waals surface area contributed by atoms with E-state index in [1.165, 1.54) is 0 Å². The lowest BCUT2D eigenvalue weighted by Gasteiger charge is -2.28. The van der Waals surface area contributed by atoms with Crippen LogP contribution >= 0.6 is 15.9 Å². The van der Waals surface area contributed by atoms with E-state index in [-0.39, 0.29) is 5.91 Å². The van der Waals surface area contributed by atoms with Crippen molar-refractivity contribution in [2.45, 2.75) is 44.6 Å². The van der Waals surface area contributed by atoms with Crippen LogP contribution in [0.5, 0.6) is 0 Å². The highest BCUT2D eigenvalue weighted by atomic mass is 79.9. The molecule has 1 aromatic carbocycles. The Hall–Kier alpha value is -2.47. The van der Waals surface area contributed by atoms with Gasteiger partial charge < -0.3 is 5.32 Å². The van der Waals surface area contributed by atoms with Crippen molar-refractivity contribution in [3.63, 3.8) is 0 Å². The minimum absolute atomic E-state index is 0.0975. The fourth-order valence-electron chi connectivity index (χ4n) is 4.14.